The van der Waals surface area contributed by atoms with E-state index in [9.17, 15) is 4.79 Å². The summed E-state index contributed by atoms with van der Waals surface area (Å²) in [6.45, 7) is 0.530. The average molecular weight is 351 g/mol. The first kappa shape index (κ1) is 16.2. The molecule has 1 aliphatic carbocycles. The highest BCUT2D eigenvalue weighted by atomic mass is 32.1. The van der Waals surface area contributed by atoms with E-state index in [1.807, 2.05) is 36.4 Å². The van der Waals surface area contributed by atoms with E-state index in [0.29, 0.717) is 12.5 Å². The molecule has 4 nitrogen and oxygen atoms in total. The Morgan fingerprint density at radius 2 is 1.84 bits per heavy atom. The summed E-state index contributed by atoms with van der Waals surface area (Å²) in [5, 5.41) is 3.15. The van der Waals surface area contributed by atoms with E-state index in [1.165, 1.54) is 24.6 Å². The minimum Gasteiger partial charge on any atom is -0.351 e. The van der Waals surface area contributed by atoms with E-state index in [-0.39, 0.29) is 11.8 Å². The van der Waals surface area contributed by atoms with E-state index in [1.54, 1.807) is 0 Å². The zero-order valence-corrected chi connectivity index (χ0v) is 14.8. The zero-order chi connectivity index (χ0) is 17.1. The molecule has 1 aromatic heterocycles. The first-order chi connectivity index (χ1) is 12.3. The van der Waals surface area contributed by atoms with Crippen molar-refractivity contribution < 1.29 is 4.79 Å². The van der Waals surface area contributed by atoms with Crippen LogP contribution in [0, 0.1) is 5.92 Å². The van der Waals surface area contributed by atoms with E-state index in [2.05, 4.69) is 26.2 Å². The van der Waals surface area contributed by atoms with Gasteiger partial charge in [-0.05, 0) is 42.0 Å². The molecule has 0 aliphatic heterocycles. The van der Waals surface area contributed by atoms with Crippen molar-refractivity contribution in [2.75, 3.05) is 0 Å². The maximum absolute atomic E-state index is 13.0. The lowest BCUT2D eigenvalue weighted by Gasteiger charge is -2.23. The van der Waals surface area contributed by atoms with E-state index >= 15 is 0 Å². The van der Waals surface area contributed by atoms with Gasteiger partial charge in [-0.2, -0.15) is 8.75 Å². The SMILES string of the molecule is O=C(NCc1ccc2nsnc2c1)[C@@H](c1ccccc1)C1CCCC1. The summed E-state index contributed by atoms with van der Waals surface area (Å²) in [4.78, 5) is 13.0. The maximum atomic E-state index is 13.0. The van der Waals surface area contributed by atoms with E-state index < -0.39 is 0 Å². The fraction of sp³-hybridized carbons (Fsp3) is 0.350. The molecule has 1 atom stereocenters. The van der Waals surface area contributed by atoms with Crippen LogP contribution in [0.15, 0.2) is 48.5 Å². The Kier molecular flexibility index (Phi) is 4.74. The maximum Gasteiger partial charge on any atom is 0.228 e. The largest absolute Gasteiger partial charge is 0.351 e. The molecule has 1 aliphatic rings. The number of nitrogens with zero attached hydrogens (tertiary/aromatic N) is 2. The van der Waals surface area contributed by atoms with Crippen molar-refractivity contribution in [3.63, 3.8) is 0 Å². The van der Waals surface area contributed by atoms with Gasteiger partial charge in [-0.15, -0.1) is 0 Å². The summed E-state index contributed by atoms with van der Waals surface area (Å²) in [7, 11) is 0. The molecule has 4 rings (SSSR count). The lowest BCUT2D eigenvalue weighted by molar-refractivity contribution is -0.123. The molecular weight excluding hydrogens is 330 g/mol. The number of benzene rings is 2. The molecule has 1 saturated carbocycles. The second kappa shape index (κ2) is 7.31. The molecule has 1 heterocycles. The van der Waals surface area contributed by atoms with Gasteiger partial charge in [0, 0.05) is 6.54 Å². The third kappa shape index (κ3) is 3.56. The number of carbonyl (C=O) groups is 1. The molecule has 1 N–H and O–H groups in total. The average Bonchev–Trinajstić information content (AvgIpc) is 3.32. The number of rotatable bonds is 5. The molecule has 0 spiro atoms. The standard InChI is InChI=1S/C20H21N3OS/c24-20(21-13-14-10-11-17-18(12-14)23-25-22-17)19(16-8-4-5-9-16)15-6-2-1-3-7-15/h1-3,6-7,10-12,16,19H,4-5,8-9,13H2,(H,21,24)/t19-/m0/s1. The Balaban J connectivity index is 1.50. The number of aromatic nitrogens is 2. The van der Waals surface area contributed by atoms with Gasteiger partial charge in [0.15, 0.2) is 0 Å². The van der Waals surface area contributed by atoms with Crippen LogP contribution in [0.5, 0.6) is 0 Å². The fourth-order valence-electron chi connectivity index (χ4n) is 3.83. The smallest absolute Gasteiger partial charge is 0.228 e. The Labute approximate surface area is 151 Å². The van der Waals surface area contributed by atoms with Gasteiger partial charge in [-0.25, -0.2) is 0 Å². The number of carbonyl (C=O) groups excluding carboxylic acids is 1. The predicted octanol–water partition coefficient (Wildman–Crippen LogP) is 4.28. The van der Waals surface area contributed by atoms with Gasteiger partial charge in [-0.1, -0.05) is 49.2 Å². The van der Waals surface area contributed by atoms with Crippen LogP contribution in [-0.2, 0) is 11.3 Å². The molecule has 1 fully saturated rings. The lowest BCUT2D eigenvalue weighted by atomic mass is 9.84. The minimum atomic E-state index is -0.0478. The zero-order valence-electron chi connectivity index (χ0n) is 14.0. The highest BCUT2D eigenvalue weighted by Gasteiger charge is 2.31. The summed E-state index contributed by atoms with van der Waals surface area (Å²) >= 11 is 1.22. The highest BCUT2D eigenvalue weighted by molar-refractivity contribution is 7.00. The molecular formula is C20H21N3OS. The Morgan fingerprint density at radius 1 is 1.08 bits per heavy atom. The number of hydrogen-bond donors (Lipinski definition) is 1. The number of fused-ring (bicyclic) bond motifs is 1. The Bertz CT molecular complexity index is 856. The Hall–Kier alpha value is -2.27. The summed E-state index contributed by atoms with van der Waals surface area (Å²) in [6, 6.07) is 16.2. The predicted molar refractivity (Wildman–Crippen MR) is 100 cm³/mol. The van der Waals surface area contributed by atoms with Crippen LogP contribution in [0.25, 0.3) is 11.0 Å². The third-order valence-electron chi connectivity index (χ3n) is 5.10. The van der Waals surface area contributed by atoms with Crippen LogP contribution >= 0.6 is 11.7 Å². The molecule has 2 aromatic carbocycles. The summed E-state index contributed by atoms with van der Waals surface area (Å²) in [5.41, 5.74) is 4.00. The van der Waals surface area contributed by atoms with E-state index in [4.69, 9.17) is 0 Å². The third-order valence-corrected chi connectivity index (χ3v) is 5.65. The van der Waals surface area contributed by atoms with Crippen molar-refractivity contribution >= 4 is 28.7 Å². The van der Waals surface area contributed by atoms with E-state index in [0.717, 1.165) is 35.0 Å². The molecule has 0 bridgehead atoms. The molecule has 25 heavy (non-hydrogen) atoms. The van der Waals surface area contributed by atoms with Crippen LogP contribution in [0.4, 0.5) is 0 Å². The lowest BCUT2D eigenvalue weighted by Crippen LogP contribution is -2.32. The second-order valence-corrected chi connectivity index (χ2v) is 7.27. The summed E-state index contributed by atoms with van der Waals surface area (Å²) in [6.07, 6.45) is 4.75. The second-order valence-electron chi connectivity index (χ2n) is 6.74. The van der Waals surface area contributed by atoms with Gasteiger partial charge < -0.3 is 5.32 Å². The van der Waals surface area contributed by atoms with Crippen LogP contribution in [0.3, 0.4) is 0 Å². The van der Waals surface area contributed by atoms with Crippen molar-refractivity contribution in [2.45, 2.75) is 38.1 Å². The molecule has 3 aromatic rings. The monoisotopic (exact) mass is 351 g/mol. The summed E-state index contributed by atoms with van der Waals surface area (Å²) in [5.74, 6) is 0.538. The van der Waals surface area contributed by atoms with Gasteiger partial charge in [0.1, 0.15) is 11.0 Å². The Morgan fingerprint density at radius 3 is 2.64 bits per heavy atom. The van der Waals surface area contributed by atoms with Gasteiger partial charge in [0.25, 0.3) is 0 Å². The van der Waals surface area contributed by atoms with Gasteiger partial charge in [0.2, 0.25) is 5.91 Å². The number of hydrogen-bond acceptors (Lipinski definition) is 4. The number of nitrogens with one attached hydrogen (secondary N) is 1. The van der Waals surface area contributed by atoms with Crippen LogP contribution in [0.1, 0.15) is 42.7 Å². The highest BCUT2D eigenvalue weighted by Crippen LogP contribution is 2.37. The molecule has 128 valence electrons. The van der Waals surface area contributed by atoms with Crippen molar-refractivity contribution in [1.82, 2.24) is 14.1 Å². The van der Waals surface area contributed by atoms with Gasteiger partial charge >= 0.3 is 0 Å². The van der Waals surface area contributed by atoms with Crippen LogP contribution in [0.2, 0.25) is 0 Å². The topological polar surface area (TPSA) is 54.9 Å². The van der Waals surface area contributed by atoms with Crippen molar-refractivity contribution in [3.05, 3.63) is 59.7 Å². The first-order valence-corrected chi connectivity index (χ1v) is 9.58. The summed E-state index contributed by atoms with van der Waals surface area (Å²) < 4.78 is 8.49. The van der Waals surface area contributed by atoms with Crippen molar-refractivity contribution in [2.24, 2.45) is 5.92 Å². The number of amides is 1. The molecule has 0 radical (unpaired) electrons. The van der Waals surface area contributed by atoms with Crippen molar-refractivity contribution in [1.29, 1.82) is 0 Å². The first-order valence-electron chi connectivity index (χ1n) is 8.85. The molecule has 5 heteroatoms. The van der Waals surface area contributed by atoms with Gasteiger partial charge in [0.05, 0.1) is 17.6 Å². The molecule has 0 saturated heterocycles. The van der Waals surface area contributed by atoms with Crippen LogP contribution < -0.4 is 5.32 Å². The van der Waals surface area contributed by atoms with Gasteiger partial charge in [-0.3, -0.25) is 4.79 Å². The fourth-order valence-corrected chi connectivity index (χ4v) is 4.34. The molecule has 0 unspecified atom stereocenters. The quantitative estimate of drug-likeness (QED) is 0.746. The minimum absolute atomic E-state index is 0.0478. The molecule has 1 amide bonds. The normalized spacial score (nSPS) is 16.2. The van der Waals surface area contributed by atoms with Crippen molar-refractivity contribution in [3.8, 4) is 0 Å². The van der Waals surface area contributed by atoms with Crippen LogP contribution in [-0.4, -0.2) is 14.7 Å².